The van der Waals surface area contributed by atoms with E-state index in [9.17, 15) is 9.59 Å². The molecular weight excluding hydrogens is 398 g/mol. The van der Waals surface area contributed by atoms with Gasteiger partial charge in [0.2, 0.25) is 0 Å². The number of rotatable bonds is 6. The van der Waals surface area contributed by atoms with Crippen molar-refractivity contribution in [1.29, 1.82) is 0 Å². The zero-order valence-corrected chi connectivity index (χ0v) is 17.7. The number of esters is 1. The third-order valence-electron chi connectivity index (χ3n) is 5.50. The lowest BCUT2D eigenvalue weighted by atomic mass is 9.86. The molecule has 0 saturated heterocycles. The molecule has 1 amide bonds. The Bertz CT molecular complexity index is 998. The number of amides is 1. The summed E-state index contributed by atoms with van der Waals surface area (Å²) in [5.74, 6) is -0.351. The van der Waals surface area contributed by atoms with E-state index in [1.54, 1.807) is 10.9 Å². The van der Waals surface area contributed by atoms with Gasteiger partial charge in [0.1, 0.15) is 11.3 Å². The van der Waals surface area contributed by atoms with Crippen LogP contribution in [-0.2, 0) is 9.53 Å². The van der Waals surface area contributed by atoms with Crippen LogP contribution in [0.2, 0.25) is 0 Å². The Morgan fingerprint density at radius 1 is 1.17 bits per heavy atom. The molecule has 1 N–H and O–H groups in total. The number of carbonyl (C=O) groups excluding carboxylic acids is 2. The molecule has 1 fully saturated rings. The highest BCUT2D eigenvalue weighted by atomic mass is 32.1. The second kappa shape index (κ2) is 9.26. The summed E-state index contributed by atoms with van der Waals surface area (Å²) in [7, 11) is 0. The Labute approximate surface area is 179 Å². The molecule has 0 aliphatic heterocycles. The van der Waals surface area contributed by atoms with E-state index in [0.29, 0.717) is 17.2 Å². The maximum atomic E-state index is 12.8. The third-order valence-corrected chi connectivity index (χ3v) is 6.38. The zero-order valence-electron chi connectivity index (χ0n) is 16.9. The van der Waals surface area contributed by atoms with Crippen LogP contribution in [0.5, 0.6) is 0 Å². The molecule has 2 aromatic heterocycles. The molecule has 0 bridgehead atoms. The molecule has 0 radical (unpaired) electrons. The van der Waals surface area contributed by atoms with Crippen LogP contribution in [0.1, 0.15) is 43.0 Å². The maximum Gasteiger partial charge on any atom is 0.342 e. The highest BCUT2D eigenvalue weighted by Gasteiger charge is 2.25. The molecule has 1 saturated carbocycles. The van der Waals surface area contributed by atoms with Crippen molar-refractivity contribution in [3.05, 3.63) is 59.6 Å². The minimum Gasteiger partial charge on any atom is -0.452 e. The first-order valence-corrected chi connectivity index (χ1v) is 11.2. The van der Waals surface area contributed by atoms with E-state index in [1.807, 2.05) is 47.8 Å². The fraction of sp³-hybridized carbons (Fsp3) is 0.348. The molecule has 3 aromatic rings. The van der Waals surface area contributed by atoms with Crippen molar-refractivity contribution in [2.24, 2.45) is 5.92 Å². The largest absolute Gasteiger partial charge is 0.452 e. The van der Waals surface area contributed by atoms with E-state index in [-0.39, 0.29) is 18.6 Å². The SMILES string of the molecule is C[C@H]1CCCC[C@H]1NC(=O)COC(=O)c1cn(-c2ccccc2)nc1-c1cccs1. The number of nitrogens with zero attached hydrogens (tertiary/aromatic N) is 2. The number of ether oxygens (including phenoxy) is 1. The standard InChI is InChI=1S/C23H25N3O3S/c1-16-8-5-6-11-19(16)24-21(27)15-29-23(28)18-14-26(17-9-3-2-4-10-17)25-22(18)20-12-7-13-30-20/h2-4,7,9-10,12-14,16,19H,5-6,8,11,15H2,1H3,(H,24,27)/t16-,19+/m0/s1. The van der Waals surface area contributed by atoms with Gasteiger partial charge in [-0.1, -0.05) is 44.0 Å². The molecule has 6 nitrogen and oxygen atoms in total. The van der Waals surface area contributed by atoms with Gasteiger partial charge in [0, 0.05) is 12.2 Å². The number of benzene rings is 1. The highest BCUT2D eigenvalue weighted by molar-refractivity contribution is 7.13. The van der Waals surface area contributed by atoms with Crippen LogP contribution in [0.4, 0.5) is 0 Å². The first-order chi connectivity index (χ1) is 14.6. The molecule has 0 unspecified atom stereocenters. The molecule has 0 spiro atoms. The number of hydrogen-bond donors (Lipinski definition) is 1. The number of para-hydroxylation sites is 1. The summed E-state index contributed by atoms with van der Waals surface area (Å²) in [5, 5.41) is 9.55. The van der Waals surface area contributed by atoms with E-state index >= 15 is 0 Å². The molecule has 2 atom stereocenters. The molecule has 7 heteroatoms. The number of aromatic nitrogens is 2. The van der Waals surface area contributed by atoms with Crippen molar-refractivity contribution < 1.29 is 14.3 Å². The van der Waals surface area contributed by atoms with E-state index in [4.69, 9.17) is 4.74 Å². The van der Waals surface area contributed by atoms with Gasteiger partial charge in [-0.3, -0.25) is 4.79 Å². The number of nitrogens with one attached hydrogen (secondary N) is 1. The Morgan fingerprint density at radius 3 is 2.70 bits per heavy atom. The van der Waals surface area contributed by atoms with E-state index in [0.717, 1.165) is 29.8 Å². The first-order valence-electron chi connectivity index (χ1n) is 10.3. The predicted molar refractivity (Wildman–Crippen MR) is 117 cm³/mol. The number of carbonyl (C=O) groups is 2. The lowest BCUT2D eigenvalue weighted by molar-refractivity contribution is -0.125. The average molecular weight is 424 g/mol. The van der Waals surface area contributed by atoms with Crippen molar-refractivity contribution in [1.82, 2.24) is 15.1 Å². The summed E-state index contributed by atoms with van der Waals surface area (Å²) in [4.78, 5) is 26.0. The molecule has 30 heavy (non-hydrogen) atoms. The Morgan fingerprint density at radius 2 is 1.97 bits per heavy atom. The maximum absolute atomic E-state index is 12.8. The topological polar surface area (TPSA) is 73.2 Å². The predicted octanol–water partition coefficient (Wildman–Crippen LogP) is 4.45. The smallest absolute Gasteiger partial charge is 0.342 e. The fourth-order valence-corrected chi connectivity index (χ4v) is 4.54. The van der Waals surface area contributed by atoms with Gasteiger partial charge < -0.3 is 10.1 Å². The molecule has 4 rings (SSSR count). The molecule has 1 aliphatic rings. The van der Waals surface area contributed by atoms with Gasteiger partial charge >= 0.3 is 5.97 Å². The van der Waals surface area contributed by atoms with Gasteiger partial charge in [0.25, 0.3) is 5.91 Å². The molecule has 156 valence electrons. The van der Waals surface area contributed by atoms with Gasteiger partial charge in [0.15, 0.2) is 6.61 Å². The molecular formula is C23H25N3O3S. The summed E-state index contributed by atoms with van der Waals surface area (Å²) in [6.45, 7) is 1.86. The summed E-state index contributed by atoms with van der Waals surface area (Å²) in [5.41, 5.74) is 1.75. The lowest BCUT2D eigenvalue weighted by Gasteiger charge is -2.29. The number of hydrogen-bond acceptors (Lipinski definition) is 5. The summed E-state index contributed by atoms with van der Waals surface area (Å²) >= 11 is 1.50. The van der Waals surface area contributed by atoms with Crippen LogP contribution in [0.15, 0.2) is 54.0 Å². The van der Waals surface area contributed by atoms with Crippen LogP contribution in [0.25, 0.3) is 16.3 Å². The average Bonchev–Trinajstić information content (AvgIpc) is 3.44. The summed E-state index contributed by atoms with van der Waals surface area (Å²) in [6.07, 6.45) is 6.09. The van der Waals surface area contributed by atoms with Crippen molar-refractivity contribution in [2.75, 3.05) is 6.61 Å². The van der Waals surface area contributed by atoms with Gasteiger partial charge in [-0.2, -0.15) is 5.10 Å². The minimum atomic E-state index is -0.549. The Balaban J connectivity index is 1.47. The van der Waals surface area contributed by atoms with Crippen molar-refractivity contribution in [2.45, 2.75) is 38.6 Å². The van der Waals surface area contributed by atoms with Gasteiger partial charge in [0.05, 0.1) is 10.6 Å². The lowest BCUT2D eigenvalue weighted by Crippen LogP contribution is -2.42. The minimum absolute atomic E-state index is 0.160. The second-order valence-corrected chi connectivity index (χ2v) is 8.61. The summed E-state index contributed by atoms with van der Waals surface area (Å²) in [6, 6.07) is 13.6. The monoisotopic (exact) mass is 423 g/mol. The zero-order chi connectivity index (χ0) is 20.9. The Kier molecular flexibility index (Phi) is 6.28. The van der Waals surface area contributed by atoms with Gasteiger partial charge in [-0.15, -0.1) is 11.3 Å². The second-order valence-electron chi connectivity index (χ2n) is 7.66. The van der Waals surface area contributed by atoms with Crippen molar-refractivity contribution in [3.8, 4) is 16.3 Å². The number of thiophene rings is 1. The van der Waals surface area contributed by atoms with E-state index in [2.05, 4.69) is 17.3 Å². The first kappa shape index (κ1) is 20.3. The molecule has 1 aromatic carbocycles. The van der Waals surface area contributed by atoms with Crippen LogP contribution in [0, 0.1) is 5.92 Å². The van der Waals surface area contributed by atoms with Crippen LogP contribution >= 0.6 is 11.3 Å². The molecule has 2 heterocycles. The molecule has 1 aliphatic carbocycles. The van der Waals surface area contributed by atoms with E-state index in [1.165, 1.54) is 17.8 Å². The van der Waals surface area contributed by atoms with Crippen LogP contribution < -0.4 is 5.32 Å². The quantitative estimate of drug-likeness (QED) is 0.595. The van der Waals surface area contributed by atoms with Crippen molar-refractivity contribution >= 4 is 23.2 Å². The van der Waals surface area contributed by atoms with Crippen LogP contribution in [-0.4, -0.2) is 34.3 Å². The third kappa shape index (κ3) is 4.62. The summed E-state index contributed by atoms with van der Waals surface area (Å²) < 4.78 is 7.02. The van der Waals surface area contributed by atoms with Gasteiger partial charge in [-0.25, -0.2) is 9.48 Å². The Hall–Kier alpha value is -2.93. The van der Waals surface area contributed by atoms with E-state index < -0.39 is 5.97 Å². The normalized spacial score (nSPS) is 18.7. The highest BCUT2D eigenvalue weighted by Crippen LogP contribution is 2.28. The van der Waals surface area contributed by atoms with Crippen LogP contribution in [0.3, 0.4) is 0 Å². The van der Waals surface area contributed by atoms with Gasteiger partial charge in [-0.05, 0) is 42.3 Å². The van der Waals surface area contributed by atoms with Crippen molar-refractivity contribution in [3.63, 3.8) is 0 Å². The fourth-order valence-electron chi connectivity index (χ4n) is 3.82.